The molecule has 2 N–H and O–H groups in total. The Morgan fingerprint density at radius 1 is 1.03 bits per heavy atom. The van der Waals surface area contributed by atoms with Crippen LogP contribution in [0, 0.1) is 5.92 Å². The first-order valence-electron chi connectivity index (χ1n) is 10.5. The van der Waals surface area contributed by atoms with Crippen molar-refractivity contribution in [1.82, 2.24) is 9.29 Å². The molecule has 0 spiro atoms. The van der Waals surface area contributed by atoms with Gasteiger partial charge >= 0.3 is 6.18 Å². The summed E-state index contributed by atoms with van der Waals surface area (Å²) in [7, 11) is -3.37. The topological polar surface area (TPSA) is 63.1 Å². The van der Waals surface area contributed by atoms with Gasteiger partial charge in [0.2, 0.25) is 10.0 Å². The number of sulfonamides is 1. The predicted molar refractivity (Wildman–Crippen MR) is 117 cm³/mol. The molecule has 3 rings (SSSR count). The minimum absolute atomic E-state index is 0.0631. The summed E-state index contributed by atoms with van der Waals surface area (Å²) in [6.45, 7) is 5.67. The molecule has 31 heavy (non-hydrogen) atoms. The van der Waals surface area contributed by atoms with E-state index in [1.165, 1.54) is 16.7 Å². The molecule has 1 aliphatic rings. The average Bonchev–Trinajstić information content (AvgIpc) is 3.20. The molecule has 1 aromatic heterocycles. The van der Waals surface area contributed by atoms with E-state index in [1.807, 2.05) is 0 Å². The highest BCUT2D eigenvalue weighted by molar-refractivity contribution is 7.90. The molecule has 0 unspecified atom stereocenters. The van der Waals surface area contributed by atoms with E-state index in [2.05, 4.69) is 10.0 Å². The van der Waals surface area contributed by atoms with Crippen LogP contribution in [-0.2, 0) is 16.2 Å². The molecule has 1 aromatic carbocycles. The lowest BCUT2D eigenvalue weighted by Gasteiger charge is -2.31. The lowest BCUT2D eigenvalue weighted by atomic mass is 9.86. The fraction of sp³-hybridized carbons (Fsp3) is 0.545. The van der Waals surface area contributed by atoms with Crippen molar-refractivity contribution in [2.45, 2.75) is 63.4 Å². The second kappa shape index (κ2) is 8.86. The van der Waals surface area contributed by atoms with Crippen molar-refractivity contribution in [3.8, 4) is 5.69 Å². The molecule has 1 saturated carbocycles. The van der Waals surface area contributed by atoms with Crippen LogP contribution in [0.1, 0.15) is 52.0 Å². The van der Waals surface area contributed by atoms with Crippen LogP contribution < -0.4 is 10.0 Å². The van der Waals surface area contributed by atoms with E-state index in [1.54, 1.807) is 45.3 Å². The van der Waals surface area contributed by atoms with Crippen LogP contribution in [0.3, 0.4) is 0 Å². The Hall–Kier alpha value is -2.00. The minimum Gasteiger partial charge on any atom is -0.385 e. The van der Waals surface area contributed by atoms with Gasteiger partial charge in [0, 0.05) is 30.7 Å². The van der Waals surface area contributed by atoms with Crippen LogP contribution in [0.2, 0.25) is 0 Å². The Balaban J connectivity index is 1.60. The zero-order chi connectivity index (χ0) is 22.9. The number of hydrogen-bond acceptors (Lipinski definition) is 3. The quantitative estimate of drug-likeness (QED) is 0.628. The molecule has 172 valence electrons. The SMILES string of the molecule is CC(C)(C)S(=O)(=O)N[C@H]1CC[C@H](CNc2ccc(C(F)(F)F)c(-n3cccc3)c2)CC1. The van der Waals surface area contributed by atoms with E-state index in [0.29, 0.717) is 18.2 Å². The first kappa shape index (κ1) is 23.7. The molecule has 0 aliphatic heterocycles. The summed E-state index contributed by atoms with van der Waals surface area (Å²) in [4.78, 5) is 0. The number of rotatable bonds is 6. The number of nitrogens with zero attached hydrogens (tertiary/aromatic N) is 1. The summed E-state index contributed by atoms with van der Waals surface area (Å²) in [5.74, 6) is 0.340. The van der Waals surface area contributed by atoms with Crippen LogP contribution in [0.5, 0.6) is 0 Å². The summed E-state index contributed by atoms with van der Waals surface area (Å²) < 4.78 is 68.3. The highest BCUT2D eigenvalue weighted by Gasteiger charge is 2.34. The van der Waals surface area contributed by atoms with Gasteiger partial charge in [-0.25, -0.2) is 13.1 Å². The monoisotopic (exact) mass is 457 g/mol. The second-order valence-electron chi connectivity index (χ2n) is 9.15. The van der Waals surface area contributed by atoms with Gasteiger partial charge in [0.25, 0.3) is 0 Å². The van der Waals surface area contributed by atoms with Crippen molar-refractivity contribution in [3.63, 3.8) is 0 Å². The van der Waals surface area contributed by atoms with Crippen molar-refractivity contribution in [3.05, 3.63) is 48.3 Å². The van der Waals surface area contributed by atoms with Crippen molar-refractivity contribution in [2.75, 3.05) is 11.9 Å². The largest absolute Gasteiger partial charge is 0.418 e. The molecule has 9 heteroatoms. The molecule has 0 saturated heterocycles. The van der Waals surface area contributed by atoms with Crippen molar-refractivity contribution in [2.24, 2.45) is 5.92 Å². The van der Waals surface area contributed by atoms with E-state index in [0.717, 1.165) is 31.7 Å². The lowest BCUT2D eigenvalue weighted by molar-refractivity contribution is -0.137. The van der Waals surface area contributed by atoms with Gasteiger partial charge in [-0.05, 0) is 82.7 Å². The van der Waals surface area contributed by atoms with Crippen LogP contribution in [0.4, 0.5) is 18.9 Å². The molecule has 0 radical (unpaired) electrons. The van der Waals surface area contributed by atoms with Crippen LogP contribution in [0.15, 0.2) is 42.7 Å². The standard InChI is InChI=1S/C22H30F3N3O2S/c1-21(2,3)31(29,30)27-17-8-6-16(7-9-17)15-26-18-10-11-19(22(23,24)25)20(14-18)28-12-4-5-13-28/h4-5,10-14,16-17,26-27H,6-9,15H2,1-3H3/t16-,17-. The third-order valence-electron chi connectivity index (χ3n) is 5.76. The van der Waals surface area contributed by atoms with Crippen molar-refractivity contribution >= 4 is 15.7 Å². The first-order chi connectivity index (χ1) is 14.4. The maximum Gasteiger partial charge on any atom is 0.418 e. The zero-order valence-electron chi connectivity index (χ0n) is 18.0. The Labute approximate surface area is 182 Å². The van der Waals surface area contributed by atoms with Crippen LogP contribution in [0.25, 0.3) is 5.69 Å². The molecular formula is C22H30F3N3O2S. The normalized spacial score (nSPS) is 20.6. The zero-order valence-corrected chi connectivity index (χ0v) is 18.9. The fourth-order valence-electron chi connectivity index (χ4n) is 3.73. The molecule has 0 amide bonds. The molecular weight excluding hydrogens is 427 g/mol. The van der Waals surface area contributed by atoms with Gasteiger partial charge in [0.15, 0.2) is 0 Å². The van der Waals surface area contributed by atoms with Gasteiger partial charge in [-0.15, -0.1) is 0 Å². The Kier molecular flexibility index (Phi) is 6.76. The third kappa shape index (κ3) is 5.83. The fourth-order valence-corrected chi connectivity index (χ4v) is 4.76. The smallest absolute Gasteiger partial charge is 0.385 e. The van der Waals surface area contributed by atoms with Gasteiger partial charge in [0.1, 0.15) is 0 Å². The highest BCUT2D eigenvalue weighted by atomic mass is 32.2. The summed E-state index contributed by atoms with van der Waals surface area (Å²) in [6, 6.07) is 7.40. The first-order valence-corrected chi connectivity index (χ1v) is 12.0. The van der Waals surface area contributed by atoms with Gasteiger partial charge in [-0.1, -0.05) is 0 Å². The van der Waals surface area contributed by atoms with Crippen LogP contribution >= 0.6 is 0 Å². The number of nitrogens with one attached hydrogen (secondary N) is 2. The lowest BCUT2D eigenvalue weighted by Crippen LogP contribution is -2.46. The average molecular weight is 458 g/mol. The molecule has 1 heterocycles. The van der Waals surface area contributed by atoms with Gasteiger partial charge < -0.3 is 9.88 Å². The Bertz CT molecular complexity index is 972. The maximum atomic E-state index is 13.4. The minimum atomic E-state index is -4.43. The summed E-state index contributed by atoms with van der Waals surface area (Å²) in [5.41, 5.74) is 0.0379. The predicted octanol–water partition coefficient (Wildman–Crippen LogP) is 5.18. The van der Waals surface area contributed by atoms with Crippen molar-refractivity contribution in [1.29, 1.82) is 0 Å². The number of halogens is 3. The highest BCUT2D eigenvalue weighted by Crippen LogP contribution is 2.35. The second-order valence-corrected chi connectivity index (χ2v) is 11.6. The van der Waals surface area contributed by atoms with E-state index in [4.69, 9.17) is 0 Å². The molecule has 2 aromatic rings. The Morgan fingerprint density at radius 2 is 1.65 bits per heavy atom. The van der Waals surface area contributed by atoms with Crippen molar-refractivity contribution < 1.29 is 21.6 Å². The third-order valence-corrected chi connectivity index (χ3v) is 8.01. The number of alkyl halides is 3. The molecule has 1 aliphatic carbocycles. The van der Waals surface area contributed by atoms with Gasteiger partial charge in [0.05, 0.1) is 16.0 Å². The number of aromatic nitrogens is 1. The maximum absolute atomic E-state index is 13.4. The van der Waals surface area contributed by atoms with E-state index >= 15 is 0 Å². The molecule has 0 bridgehead atoms. The summed E-state index contributed by atoms with van der Waals surface area (Å²) >= 11 is 0. The number of hydrogen-bond donors (Lipinski definition) is 2. The van der Waals surface area contributed by atoms with E-state index < -0.39 is 26.5 Å². The molecule has 5 nitrogen and oxygen atoms in total. The summed E-state index contributed by atoms with van der Waals surface area (Å²) in [6.07, 6.45) is 1.97. The summed E-state index contributed by atoms with van der Waals surface area (Å²) in [5, 5.41) is 3.26. The number of benzene rings is 1. The number of anilines is 1. The van der Waals surface area contributed by atoms with Crippen LogP contribution in [-0.4, -0.2) is 30.3 Å². The van der Waals surface area contributed by atoms with E-state index in [-0.39, 0.29) is 11.7 Å². The Morgan fingerprint density at radius 3 is 2.19 bits per heavy atom. The molecule has 0 atom stereocenters. The van der Waals surface area contributed by atoms with Gasteiger partial charge in [-0.2, -0.15) is 13.2 Å². The van der Waals surface area contributed by atoms with Gasteiger partial charge in [-0.3, -0.25) is 0 Å². The molecule has 1 fully saturated rings. The van der Waals surface area contributed by atoms with E-state index in [9.17, 15) is 21.6 Å².